The van der Waals surface area contributed by atoms with Gasteiger partial charge < -0.3 is 23.1 Å². The van der Waals surface area contributed by atoms with Crippen LogP contribution in [0.25, 0.3) is 0 Å². The molecule has 2 rings (SSSR count). The molecule has 1 aromatic carbocycles. The Bertz CT molecular complexity index is 472. The molecule has 0 aromatic heterocycles. The predicted molar refractivity (Wildman–Crippen MR) is 78.0 cm³/mol. The zero-order valence-electron chi connectivity index (χ0n) is 12.7. The minimum Gasteiger partial charge on any atom is -0.472 e. The second kappa shape index (κ2) is 7.81. The normalized spacial score (nSPS) is 23.8. The Kier molecular flexibility index (Phi) is 6.97. The molecule has 1 heterocycles. The number of hydrogen-bond acceptors (Lipinski definition) is 2. The number of benzene rings is 1. The fourth-order valence-corrected chi connectivity index (χ4v) is 2.28. The molecule has 0 bridgehead atoms. The van der Waals surface area contributed by atoms with Gasteiger partial charge in [0.1, 0.15) is 5.82 Å². The summed E-state index contributed by atoms with van der Waals surface area (Å²) in [6, 6.07) is 6.49. The van der Waals surface area contributed by atoms with E-state index in [-0.39, 0.29) is 42.3 Å². The summed E-state index contributed by atoms with van der Waals surface area (Å²) < 4.78 is 19.3. The number of nitrogens with one attached hydrogen (secondary N) is 1. The predicted octanol–water partition coefficient (Wildman–Crippen LogP) is 3.95. The van der Waals surface area contributed by atoms with Crippen LogP contribution in [-0.4, -0.2) is 6.61 Å². The van der Waals surface area contributed by atoms with Crippen LogP contribution < -0.4 is 5.32 Å². The Labute approximate surface area is 150 Å². The van der Waals surface area contributed by atoms with Gasteiger partial charge in [-0.15, -0.1) is 5.41 Å². The van der Waals surface area contributed by atoms with Crippen LogP contribution in [0.3, 0.4) is 0 Å². The first-order valence-electron chi connectivity index (χ1n) is 7.04. The number of ether oxygens (including phenoxy) is 1. The Morgan fingerprint density at radius 2 is 2.00 bits per heavy atom. The zero-order valence-corrected chi connectivity index (χ0v) is 16.9. The first-order valence-corrected chi connectivity index (χ1v) is 7.04. The molecule has 2 nitrogen and oxygen atoms in total. The van der Waals surface area contributed by atoms with E-state index in [0.29, 0.717) is 6.61 Å². The van der Waals surface area contributed by atoms with E-state index in [2.05, 4.69) is 32.2 Å². The van der Waals surface area contributed by atoms with Gasteiger partial charge in [0.2, 0.25) is 0 Å². The maximum absolute atomic E-state index is 13.1. The smallest absolute Gasteiger partial charge is 0.472 e. The Balaban J connectivity index is 0.00000220. The van der Waals surface area contributed by atoms with Crippen LogP contribution in [-0.2, 0) is 10.5 Å². The molecule has 0 saturated heterocycles. The molecule has 1 atom stereocenters. The minimum absolute atomic E-state index is 0. The van der Waals surface area contributed by atoms with Gasteiger partial charge in [-0.3, -0.25) is 0 Å². The van der Waals surface area contributed by atoms with Gasteiger partial charge in [-0.1, -0.05) is 32.4 Å². The average molecular weight is 513 g/mol. The number of halogens is 1. The third kappa shape index (κ3) is 4.84. The SMILES string of the molecule is [CH2-]CCC[C@@]1(c2ccc(F)cc2)NC=[C-]C(C)(C)CO1.[U+2]. The molecule has 1 aliphatic heterocycles. The van der Waals surface area contributed by atoms with E-state index in [0.717, 1.165) is 24.8 Å². The standard InChI is InChI=1S/C17H22FNO.U/c1-4-5-10-17(14-6-8-15(18)9-7-14)19-12-11-16(2,3)13-20-17;/h6-9,12,19H,1,4-5,10,13H2,2-3H3;/q-2;+2/t17-;/m1./s1. The van der Waals surface area contributed by atoms with Gasteiger partial charge in [0.25, 0.3) is 0 Å². The van der Waals surface area contributed by atoms with Crippen LogP contribution in [0.5, 0.6) is 0 Å². The van der Waals surface area contributed by atoms with Crippen LogP contribution in [0.15, 0.2) is 30.5 Å². The fourth-order valence-electron chi connectivity index (χ4n) is 2.28. The van der Waals surface area contributed by atoms with Crippen molar-refractivity contribution in [2.24, 2.45) is 5.41 Å². The van der Waals surface area contributed by atoms with Crippen LogP contribution in [0.2, 0.25) is 0 Å². The molecule has 0 spiro atoms. The summed E-state index contributed by atoms with van der Waals surface area (Å²) in [7, 11) is 0. The molecule has 112 valence electrons. The second-order valence-corrected chi connectivity index (χ2v) is 5.90. The molecule has 0 aliphatic carbocycles. The molecule has 4 heteroatoms. The molecule has 0 saturated carbocycles. The van der Waals surface area contributed by atoms with E-state index in [1.165, 1.54) is 12.1 Å². The fraction of sp³-hybridized carbons (Fsp3) is 0.471. The summed E-state index contributed by atoms with van der Waals surface area (Å²) in [5, 5.41) is 3.31. The topological polar surface area (TPSA) is 21.3 Å². The Morgan fingerprint density at radius 1 is 1.33 bits per heavy atom. The van der Waals surface area contributed by atoms with Crippen molar-refractivity contribution in [3.63, 3.8) is 0 Å². The molecule has 1 aromatic rings. The molecule has 21 heavy (non-hydrogen) atoms. The van der Waals surface area contributed by atoms with E-state index in [1.807, 2.05) is 6.20 Å². The average Bonchev–Trinajstić information content (AvgIpc) is 2.57. The molecule has 1 aliphatic rings. The summed E-state index contributed by atoms with van der Waals surface area (Å²) in [6.45, 7) is 8.61. The van der Waals surface area contributed by atoms with Crippen molar-refractivity contribution >= 4 is 0 Å². The summed E-state index contributed by atoms with van der Waals surface area (Å²) >= 11 is 0. The van der Waals surface area contributed by atoms with Crippen molar-refractivity contribution in [1.82, 2.24) is 5.32 Å². The van der Waals surface area contributed by atoms with E-state index in [9.17, 15) is 4.39 Å². The molecule has 0 amide bonds. The Hall–Kier alpha value is -0.298. The maximum atomic E-state index is 13.1. The van der Waals surface area contributed by atoms with Crippen LogP contribution in [0.1, 0.15) is 38.7 Å². The number of hydrogen-bond donors (Lipinski definition) is 1. The van der Waals surface area contributed by atoms with E-state index in [4.69, 9.17) is 4.74 Å². The molecular weight excluding hydrogens is 491 g/mol. The van der Waals surface area contributed by atoms with Gasteiger partial charge >= 0.3 is 31.1 Å². The summed E-state index contributed by atoms with van der Waals surface area (Å²) in [4.78, 5) is 0. The largest absolute Gasteiger partial charge is 2.00 e. The van der Waals surface area contributed by atoms with Crippen LogP contribution in [0, 0.1) is 55.3 Å². The number of unbranched alkanes of at least 4 members (excludes halogenated alkanes) is 1. The third-order valence-corrected chi connectivity index (χ3v) is 3.54. The molecule has 0 unspecified atom stereocenters. The van der Waals surface area contributed by atoms with Crippen molar-refractivity contribution < 1.29 is 40.2 Å². The van der Waals surface area contributed by atoms with Gasteiger partial charge in [0.15, 0.2) is 5.72 Å². The van der Waals surface area contributed by atoms with Crippen molar-refractivity contribution in [2.75, 3.05) is 6.61 Å². The third-order valence-electron chi connectivity index (χ3n) is 3.54. The Morgan fingerprint density at radius 3 is 2.62 bits per heavy atom. The molecular formula is C17H22FNOU. The van der Waals surface area contributed by atoms with Crippen molar-refractivity contribution in [2.45, 2.75) is 38.8 Å². The van der Waals surface area contributed by atoms with Crippen molar-refractivity contribution in [3.05, 3.63) is 54.8 Å². The quantitative estimate of drug-likeness (QED) is 0.617. The summed E-state index contributed by atoms with van der Waals surface area (Å²) in [5.41, 5.74) is 0.175. The monoisotopic (exact) mass is 513 g/mol. The first kappa shape index (κ1) is 18.8. The van der Waals surface area contributed by atoms with Gasteiger partial charge in [0.05, 0.1) is 0 Å². The summed E-state index contributed by atoms with van der Waals surface area (Å²) in [5.74, 6) is -0.239. The van der Waals surface area contributed by atoms with E-state index >= 15 is 0 Å². The van der Waals surface area contributed by atoms with E-state index < -0.39 is 5.72 Å². The van der Waals surface area contributed by atoms with E-state index in [1.54, 1.807) is 12.1 Å². The van der Waals surface area contributed by atoms with Crippen LogP contribution >= 0.6 is 0 Å². The second-order valence-electron chi connectivity index (χ2n) is 5.90. The molecule has 0 radical (unpaired) electrons. The summed E-state index contributed by atoms with van der Waals surface area (Å²) in [6.07, 6.45) is 7.67. The van der Waals surface area contributed by atoms with Gasteiger partial charge in [-0.25, -0.2) is 4.39 Å². The molecule has 1 N–H and O–H groups in total. The zero-order chi connectivity index (χ0) is 14.6. The maximum Gasteiger partial charge on any atom is 2.00 e. The van der Waals surface area contributed by atoms with Gasteiger partial charge in [-0.05, 0) is 18.6 Å². The van der Waals surface area contributed by atoms with Crippen molar-refractivity contribution in [1.29, 1.82) is 0 Å². The van der Waals surface area contributed by atoms with Gasteiger partial charge in [-0.2, -0.15) is 12.6 Å². The number of rotatable bonds is 4. The van der Waals surface area contributed by atoms with Crippen LogP contribution in [0.4, 0.5) is 4.39 Å². The first-order chi connectivity index (χ1) is 9.47. The molecule has 0 fully saturated rings. The minimum atomic E-state index is -0.619. The van der Waals surface area contributed by atoms with Gasteiger partial charge in [0, 0.05) is 12.2 Å². The van der Waals surface area contributed by atoms with Crippen molar-refractivity contribution in [3.8, 4) is 0 Å².